The summed E-state index contributed by atoms with van der Waals surface area (Å²) < 4.78 is 10.8. The Kier molecular flexibility index (Phi) is 9.39. The van der Waals surface area contributed by atoms with Crippen molar-refractivity contribution in [3.63, 3.8) is 0 Å². The summed E-state index contributed by atoms with van der Waals surface area (Å²) >= 11 is 0. The summed E-state index contributed by atoms with van der Waals surface area (Å²) in [5.74, 6) is 0.193. The van der Waals surface area contributed by atoms with E-state index in [-0.39, 0.29) is 11.8 Å². The van der Waals surface area contributed by atoms with Crippen LogP contribution in [0.25, 0.3) is 0 Å². The zero-order valence-corrected chi connectivity index (χ0v) is 18.4. The first-order valence-electron chi connectivity index (χ1n) is 10.7. The normalized spacial score (nSPS) is 13.7. The van der Waals surface area contributed by atoms with Gasteiger partial charge in [0, 0.05) is 0 Å². The minimum Gasteiger partial charge on any atom is -0.493 e. The second-order valence-electron chi connectivity index (χ2n) is 7.61. The van der Waals surface area contributed by atoms with Crippen LogP contribution in [0.1, 0.15) is 63.1 Å². The summed E-state index contributed by atoms with van der Waals surface area (Å²) in [6, 6.07) is 15.9. The maximum Gasteiger partial charge on any atom is 0.333 e. The molecule has 0 heterocycles. The maximum atomic E-state index is 12.9. The van der Waals surface area contributed by atoms with Gasteiger partial charge in [-0.05, 0) is 42.0 Å². The number of carbonyl (C=O) groups excluding carboxylic acids is 2. The predicted molar refractivity (Wildman–Crippen MR) is 118 cm³/mol. The molecule has 30 heavy (non-hydrogen) atoms. The number of nitrogens with one attached hydrogen (secondary N) is 1. The van der Waals surface area contributed by atoms with Crippen LogP contribution in [0.3, 0.4) is 0 Å². The summed E-state index contributed by atoms with van der Waals surface area (Å²) in [5.41, 5.74) is 1.58. The van der Waals surface area contributed by atoms with E-state index < -0.39 is 12.0 Å². The highest BCUT2D eigenvalue weighted by molar-refractivity contribution is 5.89. The number of ether oxygens (including phenoxy) is 2. The van der Waals surface area contributed by atoms with Crippen LogP contribution in [0.4, 0.5) is 0 Å². The van der Waals surface area contributed by atoms with E-state index >= 15 is 0 Å². The molecule has 5 heteroatoms. The molecule has 0 bridgehead atoms. The van der Waals surface area contributed by atoms with Crippen LogP contribution >= 0.6 is 0 Å². The predicted octanol–water partition coefficient (Wildman–Crippen LogP) is 5.03. The fraction of sp³-hybridized carbons (Fsp3) is 0.440. The second kappa shape index (κ2) is 12.0. The molecule has 2 rings (SSSR count). The SMILES string of the molecule is CCCC(C)COc1ccc([C@@H](NC(=O)[C@@H](CC)c2ccccc2)C(=O)OC)cc1. The van der Waals surface area contributed by atoms with Crippen LogP contribution in [-0.2, 0) is 14.3 Å². The van der Waals surface area contributed by atoms with Gasteiger partial charge in [0.1, 0.15) is 5.75 Å². The molecule has 0 aromatic heterocycles. The van der Waals surface area contributed by atoms with Gasteiger partial charge < -0.3 is 14.8 Å². The first-order valence-corrected chi connectivity index (χ1v) is 10.7. The lowest BCUT2D eigenvalue weighted by Crippen LogP contribution is -2.37. The Morgan fingerprint density at radius 3 is 2.20 bits per heavy atom. The molecule has 1 N–H and O–H groups in total. The van der Waals surface area contributed by atoms with Crippen molar-refractivity contribution >= 4 is 11.9 Å². The van der Waals surface area contributed by atoms with E-state index in [2.05, 4.69) is 19.2 Å². The average Bonchev–Trinajstić information content (AvgIpc) is 2.77. The standard InChI is InChI=1S/C25H33NO4/c1-5-10-18(3)17-30-21-15-13-20(14-16-21)23(25(28)29-4)26-24(27)22(6-2)19-11-8-7-9-12-19/h7-9,11-16,18,22-23H,5-6,10,17H2,1-4H3,(H,26,27)/t18?,22-,23+/m0/s1. The van der Waals surface area contributed by atoms with Crippen LogP contribution in [0.5, 0.6) is 5.75 Å². The van der Waals surface area contributed by atoms with E-state index in [1.54, 1.807) is 12.1 Å². The van der Waals surface area contributed by atoms with Gasteiger partial charge in [0.15, 0.2) is 6.04 Å². The van der Waals surface area contributed by atoms with Crippen molar-refractivity contribution in [3.05, 3.63) is 65.7 Å². The number of rotatable bonds is 11. The molecule has 0 aliphatic heterocycles. The summed E-state index contributed by atoms with van der Waals surface area (Å²) in [6.45, 7) is 6.93. The van der Waals surface area contributed by atoms with Gasteiger partial charge in [-0.1, -0.05) is 69.7 Å². The van der Waals surface area contributed by atoms with Gasteiger partial charge in [0.05, 0.1) is 19.6 Å². The van der Waals surface area contributed by atoms with Gasteiger partial charge in [-0.3, -0.25) is 4.79 Å². The number of esters is 1. The van der Waals surface area contributed by atoms with Crippen molar-refractivity contribution in [2.45, 2.75) is 52.0 Å². The number of amides is 1. The Morgan fingerprint density at radius 1 is 0.967 bits per heavy atom. The van der Waals surface area contributed by atoms with E-state index in [1.807, 2.05) is 49.4 Å². The second-order valence-corrected chi connectivity index (χ2v) is 7.61. The van der Waals surface area contributed by atoms with Crippen LogP contribution in [0.15, 0.2) is 54.6 Å². The summed E-state index contributed by atoms with van der Waals surface area (Å²) in [6.07, 6.45) is 2.88. The molecule has 0 saturated heterocycles. The minimum atomic E-state index is -0.867. The lowest BCUT2D eigenvalue weighted by atomic mass is 9.95. The third-order valence-corrected chi connectivity index (χ3v) is 5.18. The molecule has 1 unspecified atom stereocenters. The smallest absolute Gasteiger partial charge is 0.333 e. The number of carbonyl (C=O) groups is 2. The Bertz CT molecular complexity index is 789. The molecule has 3 atom stereocenters. The number of hydrogen-bond acceptors (Lipinski definition) is 4. The van der Waals surface area contributed by atoms with Crippen LogP contribution < -0.4 is 10.1 Å². The van der Waals surface area contributed by atoms with Gasteiger partial charge in [-0.25, -0.2) is 4.79 Å². The molecular weight excluding hydrogens is 378 g/mol. The Morgan fingerprint density at radius 2 is 1.63 bits per heavy atom. The van der Waals surface area contributed by atoms with Crippen molar-refractivity contribution in [1.29, 1.82) is 0 Å². The molecule has 0 radical (unpaired) electrons. The molecular formula is C25H33NO4. The van der Waals surface area contributed by atoms with Gasteiger partial charge in [0.25, 0.3) is 0 Å². The van der Waals surface area contributed by atoms with Gasteiger partial charge in [-0.2, -0.15) is 0 Å². The molecule has 0 fully saturated rings. The fourth-order valence-electron chi connectivity index (χ4n) is 3.47. The van der Waals surface area contributed by atoms with Crippen LogP contribution in [0.2, 0.25) is 0 Å². The largest absolute Gasteiger partial charge is 0.493 e. The third-order valence-electron chi connectivity index (χ3n) is 5.18. The van der Waals surface area contributed by atoms with E-state index in [9.17, 15) is 9.59 Å². The molecule has 0 spiro atoms. The van der Waals surface area contributed by atoms with Crippen molar-refractivity contribution < 1.29 is 19.1 Å². The Balaban J connectivity index is 2.11. The molecule has 1 amide bonds. The van der Waals surface area contributed by atoms with Crippen molar-refractivity contribution in [3.8, 4) is 5.75 Å². The van der Waals surface area contributed by atoms with Gasteiger partial charge in [-0.15, -0.1) is 0 Å². The maximum absolute atomic E-state index is 12.9. The first kappa shape index (κ1) is 23.5. The highest BCUT2D eigenvalue weighted by Crippen LogP contribution is 2.24. The quantitative estimate of drug-likeness (QED) is 0.527. The number of hydrogen-bond donors (Lipinski definition) is 1. The Labute approximate surface area is 179 Å². The van der Waals surface area contributed by atoms with Gasteiger partial charge >= 0.3 is 5.97 Å². The van der Waals surface area contributed by atoms with Crippen molar-refractivity contribution in [2.24, 2.45) is 5.92 Å². The summed E-state index contributed by atoms with van der Waals surface area (Å²) in [4.78, 5) is 25.3. The van der Waals surface area contributed by atoms with Crippen molar-refractivity contribution in [2.75, 3.05) is 13.7 Å². The molecule has 5 nitrogen and oxygen atoms in total. The topological polar surface area (TPSA) is 64.6 Å². The molecule has 0 aliphatic rings. The number of methoxy groups -OCH3 is 1. The molecule has 162 valence electrons. The summed E-state index contributed by atoms with van der Waals surface area (Å²) in [7, 11) is 1.32. The highest BCUT2D eigenvalue weighted by Gasteiger charge is 2.27. The summed E-state index contributed by atoms with van der Waals surface area (Å²) in [5, 5.41) is 2.87. The molecule has 2 aromatic rings. The van der Waals surface area contributed by atoms with E-state index in [4.69, 9.17) is 9.47 Å². The lowest BCUT2D eigenvalue weighted by molar-refractivity contribution is -0.145. The molecule has 2 aromatic carbocycles. The minimum absolute atomic E-state index is 0.201. The van der Waals surface area contributed by atoms with E-state index in [0.29, 0.717) is 24.5 Å². The van der Waals surface area contributed by atoms with Crippen LogP contribution in [-0.4, -0.2) is 25.6 Å². The number of benzene rings is 2. The zero-order chi connectivity index (χ0) is 21.9. The first-order chi connectivity index (χ1) is 14.5. The third kappa shape index (κ3) is 6.61. The zero-order valence-electron chi connectivity index (χ0n) is 18.4. The van der Waals surface area contributed by atoms with Crippen molar-refractivity contribution in [1.82, 2.24) is 5.32 Å². The fourth-order valence-corrected chi connectivity index (χ4v) is 3.47. The highest BCUT2D eigenvalue weighted by atomic mass is 16.5. The van der Waals surface area contributed by atoms with Gasteiger partial charge in [0.2, 0.25) is 5.91 Å². The lowest BCUT2D eigenvalue weighted by Gasteiger charge is -2.21. The Hall–Kier alpha value is -2.82. The molecule has 0 saturated carbocycles. The van der Waals surface area contributed by atoms with E-state index in [0.717, 1.165) is 24.2 Å². The van der Waals surface area contributed by atoms with Crippen LogP contribution in [0, 0.1) is 5.92 Å². The average molecular weight is 412 g/mol. The molecule has 0 aliphatic carbocycles. The monoisotopic (exact) mass is 411 g/mol. The van der Waals surface area contributed by atoms with E-state index in [1.165, 1.54) is 7.11 Å².